The van der Waals surface area contributed by atoms with Crippen molar-refractivity contribution in [3.05, 3.63) is 12.2 Å². The predicted octanol–water partition coefficient (Wildman–Crippen LogP) is -4.02. The van der Waals surface area contributed by atoms with Gasteiger partial charge in [0.05, 0.1) is 26.3 Å². The first-order valence-electron chi connectivity index (χ1n) is 4.94. The summed E-state index contributed by atoms with van der Waals surface area (Å²) in [4.78, 5) is 1.36. The number of aliphatic hydroxyl groups is 1. The van der Waals surface area contributed by atoms with Gasteiger partial charge in [-0.1, -0.05) is 6.08 Å². The minimum atomic E-state index is -0.187. The lowest BCUT2D eigenvalue weighted by atomic mass is 9.93. The highest BCUT2D eigenvalue weighted by molar-refractivity contribution is 5.15. The lowest BCUT2D eigenvalue weighted by Crippen LogP contribution is -3.08. The van der Waals surface area contributed by atoms with E-state index in [4.69, 9.17) is 4.74 Å². The maximum absolute atomic E-state index is 9.64. The van der Waals surface area contributed by atoms with E-state index in [-0.39, 0.29) is 30.2 Å². The van der Waals surface area contributed by atoms with Crippen LogP contribution in [0.4, 0.5) is 0 Å². The fourth-order valence-electron chi connectivity index (χ4n) is 2.43. The van der Waals surface area contributed by atoms with E-state index in [9.17, 15) is 5.11 Å². The van der Waals surface area contributed by atoms with Crippen molar-refractivity contribution in [1.29, 1.82) is 0 Å². The fourth-order valence-corrected chi connectivity index (χ4v) is 2.43. The molecule has 1 saturated heterocycles. The van der Waals surface area contributed by atoms with Gasteiger partial charge < -0.3 is 27.2 Å². The second-order valence-electron chi connectivity index (χ2n) is 4.56. The van der Waals surface area contributed by atoms with Gasteiger partial charge in [-0.25, -0.2) is 0 Å². The highest BCUT2D eigenvalue weighted by atomic mass is 35.5. The molecule has 2 heterocycles. The molecular formula is C10H18ClNO2. The Morgan fingerprint density at radius 1 is 1.57 bits per heavy atom. The van der Waals surface area contributed by atoms with E-state index in [0.29, 0.717) is 0 Å². The summed E-state index contributed by atoms with van der Waals surface area (Å²) in [7, 11) is 4.22. The van der Waals surface area contributed by atoms with Crippen LogP contribution in [-0.2, 0) is 4.74 Å². The van der Waals surface area contributed by atoms with E-state index in [0.717, 1.165) is 19.4 Å². The maximum Gasteiger partial charge on any atom is 0.138 e. The molecule has 2 unspecified atom stereocenters. The number of hydrogen-bond donors (Lipinski definition) is 2. The second-order valence-corrected chi connectivity index (χ2v) is 4.56. The number of rotatable bonds is 2. The predicted molar refractivity (Wildman–Crippen MR) is 49.7 cm³/mol. The average Bonchev–Trinajstić information content (AvgIpc) is 2.24. The molecule has 2 N–H and O–H groups in total. The van der Waals surface area contributed by atoms with E-state index >= 15 is 0 Å². The standard InChI is InChI=1S/C10H17NO2.ClH/c1-11(2)7-10-4-3-9(13-10)5-8(12)6-10;/h3-4,8-9,12H,5-7H2,1-2H3;1H/t8-,9?,10?;/m1./s1. The van der Waals surface area contributed by atoms with Crippen molar-refractivity contribution in [1.82, 2.24) is 0 Å². The van der Waals surface area contributed by atoms with Gasteiger partial charge in [-0.3, -0.25) is 0 Å². The molecule has 0 saturated carbocycles. The molecule has 0 aliphatic carbocycles. The summed E-state index contributed by atoms with van der Waals surface area (Å²) in [6.07, 6.45) is 5.72. The molecule has 2 bridgehead atoms. The van der Waals surface area contributed by atoms with Crippen LogP contribution in [0.1, 0.15) is 12.8 Å². The molecule has 3 nitrogen and oxygen atoms in total. The van der Waals surface area contributed by atoms with E-state index in [1.54, 1.807) is 0 Å². The van der Waals surface area contributed by atoms with Crippen molar-refractivity contribution < 1.29 is 27.2 Å². The van der Waals surface area contributed by atoms with Crippen molar-refractivity contribution >= 4 is 0 Å². The van der Waals surface area contributed by atoms with Crippen LogP contribution in [0.25, 0.3) is 0 Å². The normalized spacial score (nSPS) is 40.0. The van der Waals surface area contributed by atoms with Gasteiger partial charge in [0, 0.05) is 12.8 Å². The smallest absolute Gasteiger partial charge is 0.138 e. The van der Waals surface area contributed by atoms with Crippen LogP contribution in [0.2, 0.25) is 0 Å². The summed E-state index contributed by atoms with van der Waals surface area (Å²) in [6.45, 7) is 0.942. The van der Waals surface area contributed by atoms with Crippen LogP contribution in [0.15, 0.2) is 12.2 Å². The Labute approximate surface area is 91.1 Å². The van der Waals surface area contributed by atoms with Gasteiger partial charge in [0.15, 0.2) is 0 Å². The molecule has 0 aromatic rings. The van der Waals surface area contributed by atoms with Gasteiger partial charge in [-0.2, -0.15) is 0 Å². The number of aliphatic hydroxyl groups excluding tert-OH is 1. The van der Waals surface area contributed by atoms with Gasteiger partial charge in [0.1, 0.15) is 12.1 Å². The third-order valence-electron chi connectivity index (χ3n) is 2.74. The maximum atomic E-state index is 9.64. The van der Waals surface area contributed by atoms with Gasteiger partial charge in [0.25, 0.3) is 0 Å². The zero-order chi connectivity index (χ0) is 9.47. The monoisotopic (exact) mass is 219 g/mol. The van der Waals surface area contributed by atoms with Crippen LogP contribution in [0.5, 0.6) is 0 Å². The van der Waals surface area contributed by atoms with Crippen LogP contribution in [0.3, 0.4) is 0 Å². The third-order valence-corrected chi connectivity index (χ3v) is 2.74. The Kier molecular flexibility index (Phi) is 3.58. The molecule has 2 aliphatic heterocycles. The van der Waals surface area contributed by atoms with Gasteiger partial charge >= 0.3 is 0 Å². The molecule has 0 amide bonds. The summed E-state index contributed by atoms with van der Waals surface area (Å²) < 4.78 is 5.87. The molecule has 3 atom stereocenters. The molecule has 2 aliphatic rings. The lowest BCUT2D eigenvalue weighted by molar-refractivity contribution is -0.865. The third kappa shape index (κ3) is 2.28. The Morgan fingerprint density at radius 2 is 2.29 bits per heavy atom. The quantitative estimate of drug-likeness (QED) is 0.464. The first-order valence-corrected chi connectivity index (χ1v) is 4.94. The summed E-state index contributed by atoms with van der Waals surface area (Å²) in [5.41, 5.74) is -0.179. The topological polar surface area (TPSA) is 33.9 Å². The largest absolute Gasteiger partial charge is 1.00 e. The summed E-state index contributed by atoms with van der Waals surface area (Å²) in [5, 5.41) is 9.64. The van der Waals surface area contributed by atoms with Crippen LogP contribution in [0, 0.1) is 0 Å². The molecule has 0 aromatic carbocycles. The Bertz CT molecular complexity index is 228. The lowest BCUT2D eigenvalue weighted by Gasteiger charge is -2.36. The first-order chi connectivity index (χ1) is 6.10. The van der Waals surface area contributed by atoms with Crippen molar-refractivity contribution in [2.24, 2.45) is 0 Å². The molecule has 1 fully saturated rings. The second kappa shape index (κ2) is 4.19. The number of ether oxygens (including phenoxy) is 1. The van der Waals surface area contributed by atoms with Crippen molar-refractivity contribution in [2.45, 2.75) is 30.7 Å². The molecule has 14 heavy (non-hydrogen) atoms. The van der Waals surface area contributed by atoms with Gasteiger partial charge in [-0.05, 0) is 6.08 Å². The Morgan fingerprint density at radius 3 is 2.93 bits per heavy atom. The zero-order valence-electron chi connectivity index (χ0n) is 8.66. The average molecular weight is 220 g/mol. The van der Waals surface area contributed by atoms with E-state index < -0.39 is 0 Å². The number of quaternary nitrogens is 1. The van der Waals surface area contributed by atoms with Gasteiger partial charge in [0.2, 0.25) is 0 Å². The zero-order valence-corrected chi connectivity index (χ0v) is 9.42. The van der Waals surface area contributed by atoms with Crippen LogP contribution >= 0.6 is 0 Å². The molecule has 0 aromatic heterocycles. The summed E-state index contributed by atoms with van der Waals surface area (Å²) in [5.74, 6) is 0. The molecule has 0 spiro atoms. The minimum Gasteiger partial charge on any atom is -1.00 e. The number of fused-ring (bicyclic) bond motifs is 2. The molecule has 2 rings (SSSR count). The Hall–Kier alpha value is -0.0900. The molecule has 82 valence electrons. The highest BCUT2D eigenvalue weighted by Gasteiger charge is 2.44. The number of hydrogen-bond acceptors (Lipinski definition) is 2. The van der Waals surface area contributed by atoms with Crippen LogP contribution in [-0.4, -0.2) is 43.6 Å². The first kappa shape index (κ1) is 12.0. The molecule has 0 radical (unpaired) electrons. The van der Waals surface area contributed by atoms with E-state index in [1.807, 2.05) is 0 Å². The van der Waals surface area contributed by atoms with Gasteiger partial charge in [-0.15, -0.1) is 0 Å². The SMILES string of the molecule is C[NH+](C)CC12C=CC(C[C@@H](O)C1)O2.[Cl-]. The van der Waals surface area contributed by atoms with Crippen molar-refractivity contribution in [3.63, 3.8) is 0 Å². The molecular weight excluding hydrogens is 202 g/mol. The van der Waals surface area contributed by atoms with Crippen molar-refractivity contribution in [2.75, 3.05) is 20.6 Å². The summed E-state index contributed by atoms with van der Waals surface area (Å²) in [6, 6.07) is 0. The minimum absolute atomic E-state index is 0. The number of likely N-dealkylation sites (N-methyl/N-ethyl adjacent to an activating group) is 1. The molecule has 4 heteroatoms. The van der Waals surface area contributed by atoms with Crippen molar-refractivity contribution in [3.8, 4) is 0 Å². The number of halogens is 1. The fraction of sp³-hybridized carbons (Fsp3) is 0.800. The number of nitrogens with one attached hydrogen (secondary N) is 1. The van der Waals surface area contributed by atoms with E-state index in [2.05, 4.69) is 26.2 Å². The summed E-state index contributed by atoms with van der Waals surface area (Å²) >= 11 is 0. The highest BCUT2D eigenvalue weighted by Crippen LogP contribution is 2.35. The van der Waals surface area contributed by atoms with Crippen LogP contribution < -0.4 is 17.3 Å². The Balaban J connectivity index is 0.000000980. The van der Waals surface area contributed by atoms with E-state index in [1.165, 1.54) is 4.90 Å².